The van der Waals surface area contributed by atoms with E-state index >= 15 is 0 Å². The minimum Gasteiger partial charge on any atom is -0.361 e. The molecule has 1 heterocycles. The first-order chi connectivity index (χ1) is 6.40. The number of rotatable bonds is 2. The highest BCUT2D eigenvalue weighted by molar-refractivity contribution is 5.86. The molecule has 1 fully saturated rings. The largest absolute Gasteiger partial charge is 0.361 e. The van der Waals surface area contributed by atoms with Crippen LogP contribution in [0, 0.1) is 0 Å². The quantitative estimate of drug-likeness (QED) is 0.694. The molecule has 0 aromatic heterocycles. The Morgan fingerprint density at radius 1 is 1.43 bits per heavy atom. The third-order valence-corrected chi connectivity index (χ3v) is 2.71. The highest BCUT2D eigenvalue weighted by atomic mass is 19.3. The molecule has 1 aliphatic heterocycles. The number of alkyl halides is 2. The molecule has 0 N–H and O–H groups in total. The van der Waals surface area contributed by atoms with Crippen molar-refractivity contribution in [3.63, 3.8) is 0 Å². The van der Waals surface area contributed by atoms with Crippen LogP contribution in [0.25, 0.3) is 0 Å². The average molecular weight is 206 g/mol. The van der Waals surface area contributed by atoms with Gasteiger partial charge in [0, 0.05) is 12.8 Å². The van der Waals surface area contributed by atoms with Gasteiger partial charge < -0.3 is 4.74 Å². The standard InChI is InChI=1S/C10H16F2O2/c1-3-8(13)9(2)5-4-6-10(11,12)7-14-9/h3-7H2,1-2H3/t9-/m1/s1. The summed E-state index contributed by atoms with van der Waals surface area (Å²) in [6.45, 7) is 2.70. The van der Waals surface area contributed by atoms with Gasteiger partial charge in [0.2, 0.25) is 0 Å². The molecule has 1 aliphatic rings. The monoisotopic (exact) mass is 206 g/mol. The molecule has 1 rings (SSSR count). The summed E-state index contributed by atoms with van der Waals surface area (Å²) < 4.78 is 30.9. The number of carbonyl (C=O) groups excluding carboxylic acids is 1. The second-order valence-electron chi connectivity index (χ2n) is 4.01. The van der Waals surface area contributed by atoms with Gasteiger partial charge in [-0.1, -0.05) is 6.92 Å². The van der Waals surface area contributed by atoms with Crippen molar-refractivity contribution in [1.82, 2.24) is 0 Å². The smallest absolute Gasteiger partial charge is 0.271 e. The zero-order valence-corrected chi connectivity index (χ0v) is 8.61. The van der Waals surface area contributed by atoms with Crippen LogP contribution in [0.3, 0.4) is 0 Å². The fraction of sp³-hybridized carbons (Fsp3) is 0.900. The van der Waals surface area contributed by atoms with E-state index in [-0.39, 0.29) is 12.2 Å². The van der Waals surface area contributed by atoms with Crippen molar-refractivity contribution in [3.8, 4) is 0 Å². The van der Waals surface area contributed by atoms with E-state index in [0.717, 1.165) is 0 Å². The summed E-state index contributed by atoms with van der Waals surface area (Å²) in [5, 5.41) is 0. The Hall–Kier alpha value is -0.510. The second kappa shape index (κ2) is 3.93. The number of Topliss-reactive ketones (excluding diaryl/α,β-unsaturated/α-hetero) is 1. The molecule has 0 bridgehead atoms. The molecule has 82 valence electrons. The highest BCUT2D eigenvalue weighted by Crippen LogP contribution is 2.33. The number of hydrogen-bond acceptors (Lipinski definition) is 2. The normalized spacial score (nSPS) is 32.3. The Balaban J connectivity index is 2.69. The maximum absolute atomic E-state index is 12.9. The summed E-state index contributed by atoms with van der Waals surface area (Å²) in [7, 11) is 0. The number of hydrogen-bond donors (Lipinski definition) is 0. The van der Waals surface area contributed by atoms with E-state index in [9.17, 15) is 13.6 Å². The minimum atomic E-state index is -2.77. The zero-order valence-electron chi connectivity index (χ0n) is 8.61. The molecular weight excluding hydrogens is 190 g/mol. The van der Waals surface area contributed by atoms with E-state index in [1.165, 1.54) is 0 Å². The van der Waals surface area contributed by atoms with E-state index < -0.39 is 18.1 Å². The van der Waals surface area contributed by atoms with Crippen LogP contribution in [-0.2, 0) is 9.53 Å². The van der Waals surface area contributed by atoms with Gasteiger partial charge in [0.05, 0.1) is 0 Å². The van der Waals surface area contributed by atoms with Crippen LogP contribution in [-0.4, -0.2) is 23.9 Å². The van der Waals surface area contributed by atoms with Crippen molar-refractivity contribution in [2.24, 2.45) is 0 Å². The third-order valence-electron chi connectivity index (χ3n) is 2.71. The maximum Gasteiger partial charge on any atom is 0.271 e. The van der Waals surface area contributed by atoms with Crippen LogP contribution in [0.1, 0.15) is 39.5 Å². The third kappa shape index (κ3) is 2.50. The molecule has 0 aromatic carbocycles. The summed E-state index contributed by atoms with van der Waals surface area (Å²) in [4.78, 5) is 11.5. The molecule has 1 saturated heterocycles. The van der Waals surface area contributed by atoms with Crippen molar-refractivity contribution in [3.05, 3.63) is 0 Å². The van der Waals surface area contributed by atoms with Gasteiger partial charge >= 0.3 is 0 Å². The first-order valence-corrected chi connectivity index (χ1v) is 4.95. The zero-order chi connectivity index (χ0) is 10.8. The van der Waals surface area contributed by atoms with Crippen LogP contribution >= 0.6 is 0 Å². The van der Waals surface area contributed by atoms with Crippen molar-refractivity contribution in [1.29, 1.82) is 0 Å². The molecule has 2 nitrogen and oxygen atoms in total. The molecule has 0 unspecified atom stereocenters. The van der Waals surface area contributed by atoms with Crippen LogP contribution in [0.4, 0.5) is 8.78 Å². The lowest BCUT2D eigenvalue weighted by atomic mass is 9.93. The highest BCUT2D eigenvalue weighted by Gasteiger charge is 2.41. The summed E-state index contributed by atoms with van der Waals surface area (Å²) in [6, 6.07) is 0. The van der Waals surface area contributed by atoms with Gasteiger partial charge in [-0.15, -0.1) is 0 Å². The van der Waals surface area contributed by atoms with Gasteiger partial charge in [-0.25, -0.2) is 8.78 Å². The predicted molar refractivity (Wildman–Crippen MR) is 48.5 cm³/mol. The van der Waals surface area contributed by atoms with Crippen molar-refractivity contribution in [2.45, 2.75) is 51.1 Å². The van der Waals surface area contributed by atoms with Crippen LogP contribution in [0.5, 0.6) is 0 Å². The van der Waals surface area contributed by atoms with Gasteiger partial charge in [0.15, 0.2) is 5.78 Å². The maximum atomic E-state index is 12.9. The molecule has 1 atom stereocenters. The first-order valence-electron chi connectivity index (χ1n) is 4.95. The van der Waals surface area contributed by atoms with Gasteiger partial charge in [0.1, 0.15) is 12.2 Å². The average Bonchev–Trinajstić information content (AvgIpc) is 2.26. The van der Waals surface area contributed by atoms with Crippen LogP contribution in [0.2, 0.25) is 0 Å². The molecule has 0 spiro atoms. The molecule has 0 saturated carbocycles. The molecule has 0 radical (unpaired) electrons. The Kier molecular flexibility index (Phi) is 3.24. The Labute approximate surface area is 82.6 Å². The van der Waals surface area contributed by atoms with Gasteiger partial charge in [0.25, 0.3) is 5.92 Å². The van der Waals surface area contributed by atoms with E-state index in [4.69, 9.17) is 4.74 Å². The topological polar surface area (TPSA) is 26.3 Å². The molecular formula is C10H16F2O2. The second-order valence-corrected chi connectivity index (χ2v) is 4.01. The van der Waals surface area contributed by atoms with Crippen LogP contribution in [0.15, 0.2) is 0 Å². The van der Waals surface area contributed by atoms with Crippen molar-refractivity contribution >= 4 is 5.78 Å². The molecule has 14 heavy (non-hydrogen) atoms. The first kappa shape index (κ1) is 11.6. The summed E-state index contributed by atoms with van der Waals surface area (Å²) in [6.07, 6.45) is 0.895. The Morgan fingerprint density at radius 3 is 2.64 bits per heavy atom. The van der Waals surface area contributed by atoms with Crippen molar-refractivity contribution in [2.75, 3.05) is 6.61 Å². The molecule has 4 heteroatoms. The van der Waals surface area contributed by atoms with Gasteiger partial charge in [-0.2, -0.15) is 0 Å². The minimum absolute atomic E-state index is 0.0878. The summed E-state index contributed by atoms with van der Waals surface area (Å²) >= 11 is 0. The molecule has 0 aromatic rings. The van der Waals surface area contributed by atoms with E-state index in [1.54, 1.807) is 13.8 Å². The fourth-order valence-corrected chi connectivity index (χ4v) is 1.69. The van der Waals surface area contributed by atoms with Gasteiger partial charge in [-0.05, 0) is 19.8 Å². The van der Waals surface area contributed by atoms with E-state index in [2.05, 4.69) is 0 Å². The lowest BCUT2D eigenvalue weighted by Gasteiger charge is -2.26. The summed E-state index contributed by atoms with van der Waals surface area (Å²) in [5.74, 6) is -2.86. The number of ether oxygens (including phenoxy) is 1. The number of carbonyl (C=O) groups is 1. The van der Waals surface area contributed by atoms with Crippen molar-refractivity contribution < 1.29 is 18.3 Å². The van der Waals surface area contributed by atoms with Gasteiger partial charge in [-0.3, -0.25) is 4.79 Å². The lowest BCUT2D eigenvalue weighted by molar-refractivity contribution is -0.153. The van der Waals surface area contributed by atoms with E-state index in [1.807, 2.05) is 0 Å². The van der Waals surface area contributed by atoms with Crippen LogP contribution < -0.4 is 0 Å². The fourth-order valence-electron chi connectivity index (χ4n) is 1.69. The lowest BCUT2D eigenvalue weighted by Crippen LogP contribution is -2.39. The predicted octanol–water partition coefficient (Wildman–Crippen LogP) is 2.56. The Bertz CT molecular complexity index is 228. The number of halogens is 2. The number of ketones is 1. The molecule has 0 amide bonds. The Morgan fingerprint density at radius 2 is 2.07 bits per heavy atom. The molecule has 0 aliphatic carbocycles. The summed E-state index contributed by atoms with van der Waals surface area (Å²) in [5.41, 5.74) is -0.991. The SMILES string of the molecule is CCC(=O)[C@@]1(C)CCCC(F)(F)CO1. The van der Waals surface area contributed by atoms with E-state index in [0.29, 0.717) is 19.3 Å².